The molecule has 0 unspecified atom stereocenters. The van der Waals surface area contributed by atoms with Gasteiger partial charge in [0.05, 0.1) is 31.8 Å². The normalized spacial score (nSPS) is 10.6. The Morgan fingerprint density at radius 1 is 0.946 bits per heavy atom. The van der Waals surface area contributed by atoms with Crippen molar-refractivity contribution in [3.05, 3.63) is 122 Å². The molecule has 0 bridgehead atoms. The quantitative estimate of drug-likeness (QED) is 0.321. The number of aromatic nitrogens is 2. The molecule has 4 rings (SSSR count). The summed E-state index contributed by atoms with van der Waals surface area (Å²) in [4.78, 5) is 39.1. The Morgan fingerprint density at radius 2 is 1.65 bits per heavy atom. The minimum Gasteiger partial charge on any atom is -0.497 e. The van der Waals surface area contributed by atoms with Crippen molar-refractivity contribution in [3.63, 3.8) is 0 Å². The van der Waals surface area contributed by atoms with Gasteiger partial charge in [-0.1, -0.05) is 55.8 Å². The lowest BCUT2D eigenvalue weighted by Gasteiger charge is -2.15. The number of rotatable bonds is 9. The van der Waals surface area contributed by atoms with Crippen LogP contribution in [0.1, 0.15) is 40.5 Å². The molecular formula is C30H27N3O4. The first kappa shape index (κ1) is 25.4. The van der Waals surface area contributed by atoms with Crippen LogP contribution in [0, 0.1) is 11.3 Å². The average molecular weight is 494 g/mol. The molecule has 4 aromatic rings. The molecule has 0 saturated carbocycles. The first-order chi connectivity index (χ1) is 17.9. The van der Waals surface area contributed by atoms with Crippen molar-refractivity contribution in [2.24, 2.45) is 0 Å². The molecule has 0 spiro atoms. The van der Waals surface area contributed by atoms with Crippen LogP contribution < -0.4 is 16.0 Å². The highest BCUT2D eigenvalue weighted by Crippen LogP contribution is 2.23. The third kappa shape index (κ3) is 5.60. The van der Waals surface area contributed by atoms with Crippen molar-refractivity contribution >= 4 is 5.78 Å². The molecule has 0 amide bonds. The Morgan fingerprint density at radius 3 is 2.30 bits per heavy atom. The molecule has 0 aliphatic rings. The molecule has 0 aliphatic heterocycles. The van der Waals surface area contributed by atoms with Gasteiger partial charge in [0.1, 0.15) is 5.75 Å². The summed E-state index contributed by atoms with van der Waals surface area (Å²) in [6.07, 6.45) is 1.32. The van der Waals surface area contributed by atoms with Gasteiger partial charge in [-0.3, -0.25) is 18.7 Å². The fraction of sp³-hybridized carbons (Fsp3) is 0.200. The number of Topliss-reactive ketones (excluding diaryl/α,β-unsaturated/α-hetero) is 1. The zero-order valence-corrected chi connectivity index (χ0v) is 20.8. The molecule has 1 aromatic heterocycles. The van der Waals surface area contributed by atoms with Crippen LogP contribution in [0.25, 0.3) is 11.1 Å². The van der Waals surface area contributed by atoms with E-state index in [0.29, 0.717) is 29.0 Å². The minimum absolute atomic E-state index is 0.255. The number of nitriles is 1. The first-order valence-corrected chi connectivity index (χ1v) is 12.0. The van der Waals surface area contributed by atoms with E-state index in [1.807, 2.05) is 49.4 Å². The average Bonchev–Trinajstić information content (AvgIpc) is 2.93. The Kier molecular flexibility index (Phi) is 7.80. The highest BCUT2D eigenvalue weighted by Gasteiger charge is 2.16. The summed E-state index contributed by atoms with van der Waals surface area (Å²) in [6.45, 7) is 1.89. The fourth-order valence-electron chi connectivity index (χ4n) is 4.26. The van der Waals surface area contributed by atoms with Gasteiger partial charge in [0.25, 0.3) is 5.56 Å². The molecule has 186 valence electrons. The van der Waals surface area contributed by atoms with E-state index in [-0.39, 0.29) is 18.9 Å². The summed E-state index contributed by atoms with van der Waals surface area (Å²) in [7, 11) is 1.54. The largest absolute Gasteiger partial charge is 0.497 e. The van der Waals surface area contributed by atoms with Crippen LogP contribution in [0.3, 0.4) is 0 Å². The van der Waals surface area contributed by atoms with Crippen LogP contribution in [0.2, 0.25) is 0 Å². The number of benzene rings is 3. The predicted molar refractivity (Wildman–Crippen MR) is 142 cm³/mol. The molecule has 0 radical (unpaired) electrons. The highest BCUT2D eigenvalue weighted by molar-refractivity contribution is 5.96. The van der Waals surface area contributed by atoms with E-state index in [0.717, 1.165) is 27.7 Å². The molecule has 0 N–H and O–H groups in total. The Hall–Kier alpha value is -4.70. The van der Waals surface area contributed by atoms with E-state index in [4.69, 9.17) is 4.74 Å². The number of hydrogen-bond donors (Lipinski definition) is 0. The monoisotopic (exact) mass is 493 g/mol. The van der Waals surface area contributed by atoms with Crippen LogP contribution in [0.4, 0.5) is 0 Å². The van der Waals surface area contributed by atoms with Gasteiger partial charge in [0, 0.05) is 17.3 Å². The maximum absolute atomic E-state index is 13.4. The van der Waals surface area contributed by atoms with E-state index in [1.165, 1.54) is 13.2 Å². The lowest BCUT2D eigenvalue weighted by Crippen LogP contribution is -2.42. The van der Waals surface area contributed by atoms with Gasteiger partial charge in [-0.15, -0.1) is 0 Å². The minimum atomic E-state index is -0.517. The summed E-state index contributed by atoms with van der Waals surface area (Å²) in [5.74, 6) is 0.277. The fourth-order valence-corrected chi connectivity index (χ4v) is 4.26. The topological polar surface area (TPSA) is 94.1 Å². The van der Waals surface area contributed by atoms with E-state index < -0.39 is 11.2 Å². The molecule has 0 fully saturated rings. The maximum atomic E-state index is 13.4. The first-order valence-electron chi connectivity index (χ1n) is 12.0. The van der Waals surface area contributed by atoms with Gasteiger partial charge >= 0.3 is 5.69 Å². The lowest BCUT2D eigenvalue weighted by molar-refractivity contribution is 0.0968. The van der Waals surface area contributed by atoms with Crippen molar-refractivity contribution in [2.75, 3.05) is 7.11 Å². The Balaban J connectivity index is 1.65. The number of nitrogens with zero attached hydrogens (tertiary/aromatic N) is 3. The van der Waals surface area contributed by atoms with Gasteiger partial charge in [-0.25, -0.2) is 4.79 Å². The molecule has 7 heteroatoms. The van der Waals surface area contributed by atoms with Gasteiger partial charge < -0.3 is 4.74 Å². The molecule has 3 aromatic carbocycles. The highest BCUT2D eigenvalue weighted by atomic mass is 16.5. The second-order valence-electron chi connectivity index (χ2n) is 8.68. The van der Waals surface area contributed by atoms with Crippen LogP contribution >= 0.6 is 0 Å². The Bertz CT molecular complexity index is 1570. The molecular weight excluding hydrogens is 466 g/mol. The second kappa shape index (κ2) is 11.4. The zero-order chi connectivity index (χ0) is 26.4. The van der Waals surface area contributed by atoms with Gasteiger partial charge in [-0.05, 0) is 53.4 Å². The van der Waals surface area contributed by atoms with Crippen molar-refractivity contribution < 1.29 is 9.53 Å². The Labute approximate surface area is 214 Å². The van der Waals surface area contributed by atoms with Crippen molar-refractivity contribution in [3.8, 4) is 22.9 Å². The van der Waals surface area contributed by atoms with Crippen LogP contribution in [0.5, 0.6) is 5.75 Å². The molecule has 0 aliphatic carbocycles. The molecule has 37 heavy (non-hydrogen) atoms. The van der Waals surface area contributed by atoms with Crippen LogP contribution in [-0.4, -0.2) is 22.0 Å². The molecule has 0 saturated heterocycles. The van der Waals surface area contributed by atoms with Crippen molar-refractivity contribution in [1.29, 1.82) is 5.26 Å². The summed E-state index contributed by atoms with van der Waals surface area (Å²) in [5.41, 5.74) is 3.21. The summed E-state index contributed by atoms with van der Waals surface area (Å²) in [5, 5.41) is 9.40. The predicted octanol–water partition coefficient (Wildman–Crippen LogP) is 4.44. The standard InChI is InChI=1S/C30H27N3O4/c1-3-6-25-17-29(35)33(20-28(34)23-13-15-26(37-2)16-14-23)30(36)32(25)19-21-9-11-22(12-10-21)27-8-5-4-7-24(27)18-31/h4-5,7-17H,3,6,19-20H2,1-2H3. The van der Waals surface area contributed by atoms with Crippen LogP contribution in [0.15, 0.2) is 88.5 Å². The third-order valence-corrected chi connectivity index (χ3v) is 6.24. The number of carbonyl (C=O) groups excluding carboxylic acids is 1. The number of ketones is 1. The molecule has 0 atom stereocenters. The summed E-state index contributed by atoms with van der Waals surface area (Å²) >= 11 is 0. The summed E-state index contributed by atoms with van der Waals surface area (Å²) in [6, 6.07) is 25.2. The zero-order valence-electron chi connectivity index (χ0n) is 20.8. The van der Waals surface area contributed by atoms with Gasteiger partial charge in [0.2, 0.25) is 0 Å². The second-order valence-corrected chi connectivity index (χ2v) is 8.68. The SMILES string of the molecule is CCCc1cc(=O)n(CC(=O)c2ccc(OC)cc2)c(=O)n1Cc1ccc(-c2ccccc2C#N)cc1. The van der Waals surface area contributed by atoms with Crippen LogP contribution in [-0.2, 0) is 19.5 Å². The van der Waals surface area contributed by atoms with Crippen molar-refractivity contribution in [2.45, 2.75) is 32.9 Å². The van der Waals surface area contributed by atoms with E-state index in [9.17, 15) is 19.6 Å². The number of aryl methyl sites for hydroxylation is 1. The van der Waals surface area contributed by atoms with E-state index in [2.05, 4.69) is 6.07 Å². The lowest BCUT2D eigenvalue weighted by atomic mass is 9.99. The van der Waals surface area contributed by atoms with Crippen molar-refractivity contribution in [1.82, 2.24) is 9.13 Å². The maximum Gasteiger partial charge on any atom is 0.331 e. The van der Waals surface area contributed by atoms with E-state index in [1.54, 1.807) is 34.9 Å². The number of hydrogen-bond acceptors (Lipinski definition) is 5. The molecule has 7 nitrogen and oxygen atoms in total. The third-order valence-electron chi connectivity index (χ3n) is 6.24. The molecule has 1 heterocycles. The number of carbonyl (C=O) groups is 1. The smallest absolute Gasteiger partial charge is 0.331 e. The number of ether oxygens (including phenoxy) is 1. The van der Waals surface area contributed by atoms with Gasteiger partial charge in [0.15, 0.2) is 5.78 Å². The van der Waals surface area contributed by atoms with Gasteiger partial charge in [-0.2, -0.15) is 5.26 Å². The number of methoxy groups -OCH3 is 1. The summed E-state index contributed by atoms with van der Waals surface area (Å²) < 4.78 is 7.67. The van der Waals surface area contributed by atoms with E-state index >= 15 is 0 Å².